The summed E-state index contributed by atoms with van der Waals surface area (Å²) in [5, 5.41) is 0. The summed E-state index contributed by atoms with van der Waals surface area (Å²) in [4.78, 5) is 0. The molecule has 1 aliphatic carbocycles. The van der Waals surface area contributed by atoms with Gasteiger partial charge in [-0.25, -0.2) is 0 Å². The fourth-order valence-electron chi connectivity index (χ4n) is 2.71. The van der Waals surface area contributed by atoms with Crippen LogP contribution < -0.4 is 0 Å². The minimum atomic E-state index is 0.844. The van der Waals surface area contributed by atoms with Crippen LogP contribution in [0.1, 0.15) is 46.0 Å². The summed E-state index contributed by atoms with van der Waals surface area (Å²) in [6, 6.07) is 0. The van der Waals surface area contributed by atoms with Crippen LogP contribution in [0.4, 0.5) is 0 Å². The molecule has 0 aromatic carbocycles. The van der Waals surface area contributed by atoms with Gasteiger partial charge in [0.15, 0.2) is 0 Å². The second-order valence-corrected chi connectivity index (χ2v) is 4.06. The molecule has 13 heavy (non-hydrogen) atoms. The standard InChI is InChI=1S/C13H22/c1-4-8-12-10-7-9-11(5-2)13(12)6-3/h4-5,12-13H,1,6-10H2,2-3H3/b11-5+/t12-,13?/m0/s1. The van der Waals surface area contributed by atoms with Crippen molar-refractivity contribution in [3.8, 4) is 0 Å². The Morgan fingerprint density at radius 1 is 1.54 bits per heavy atom. The zero-order valence-electron chi connectivity index (χ0n) is 9.05. The molecule has 0 amide bonds. The predicted octanol–water partition coefficient (Wildman–Crippen LogP) is 4.34. The molecule has 0 aromatic rings. The average molecular weight is 178 g/mol. The fraction of sp³-hybridized carbons (Fsp3) is 0.692. The number of allylic oxidation sites excluding steroid dienone is 3. The Hall–Kier alpha value is -0.520. The summed E-state index contributed by atoms with van der Waals surface area (Å²) in [5.41, 5.74) is 1.70. The van der Waals surface area contributed by atoms with Gasteiger partial charge in [0.05, 0.1) is 0 Å². The van der Waals surface area contributed by atoms with E-state index in [-0.39, 0.29) is 0 Å². The first-order valence-corrected chi connectivity index (χ1v) is 5.59. The van der Waals surface area contributed by atoms with E-state index in [1.54, 1.807) is 5.57 Å². The van der Waals surface area contributed by atoms with Crippen LogP contribution in [0.15, 0.2) is 24.3 Å². The lowest BCUT2D eigenvalue weighted by Crippen LogP contribution is -2.20. The fourth-order valence-corrected chi connectivity index (χ4v) is 2.71. The van der Waals surface area contributed by atoms with E-state index in [0.29, 0.717) is 0 Å². The third-order valence-corrected chi connectivity index (χ3v) is 3.37. The molecule has 0 aromatic heterocycles. The number of hydrogen-bond acceptors (Lipinski definition) is 0. The summed E-state index contributed by atoms with van der Waals surface area (Å²) in [5.74, 6) is 1.72. The van der Waals surface area contributed by atoms with Gasteiger partial charge in [0.25, 0.3) is 0 Å². The molecule has 0 heterocycles. The van der Waals surface area contributed by atoms with Gasteiger partial charge < -0.3 is 0 Å². The van der Waals surface area contributed by atoms with Gasteiger partial charge in [0.1, 0.15) is 0 Å². The first-order valence-electron chi connectivity index (χ1n) is 5.59. The first-order chi connectivity index (χ1) is 6.33. The van der Waals surface area contributed by atoms with Crippen molar-refractivity contribution in [1.29, 1.82) is 0 Å². The summed E-state index contributed by atoms with van der Waals surface area (Å²) < 4.78 is 0. The smallest absolute Gasteiger partial charge is 0.0175 e. The maximum atomic E-state index is 3.85. The normalized spacial score (nSPS) is 32.0. The summed E-state index contributed by atoms with van der Waals surface area (Å²) in [6.07, 6.45) is 11.1. The molecule has 0 saturated heterocycles. The van der Waals surface area contributed by atoms with Crippen molar-refractivity contribution in [2.75, 3.05) is 0 Å². The quantitative estimate of drug-likeness (QED) is 0.564. The van der Waals surface area contributed by atoms with Crippen molar-refractivity contribution in [3.63, 3.8) is 0 Å². The molecule has 0 bridgehead atoms. The van der Waals surface area contributed by atoms with E-state index in [4.69, 9.17) is 0 Å². The van der Waals surface area contributed by atoms with Gasteiger partial charge in [-0.2, -0.15) is 0 Å². The molecule has 0 aliphatic heterocycles. The highest BCUT2D eigenvalue weighted by atomic mass is 14.3. The van der Waals surface area contributed by atoms with Gasteiger partial charge in [-0.15, -0.1) is 6.58 Å². The molecule has 0 radical (unpaired) electrons. The molecule has 1 unspecified atom stereocenters. The molecule has 1 aliphatic rings. The topological polar surface area (TPSA) is 0 Å². The van der Waals surface area contributed by atoms with Crippen LogP contribution in [-0.2, 0) is 0 Å². The lowest BCUT2D eigenvalue weighted by atomic mass is 9.73. The maximum absolute atomic E-state index is 3.85. The van der Waals surface area contributed by atoms with Crippen molar-refractivity contribution in [1.82, 2.24) is 0 Å². The summed E-state index contributed by atoms with van der Waals surface area (Å²) in [7, 11) is 0. The highest BCUT2D eigenvalue weighted by Gasteiger charge is 2.25. The van der Waals surface area contributed by atoms with E-state index in [1.165, 1.54) is 32.1 Å². The van der Waals surface area contributed by atoms with Crippen LogP contribution in [-0.4, -0.2) is 0 Å². The van der Waals surface area contributed by atoms with E-state index in [0.717, 1.165) is 11.8 Å². The lowest BCUT2D eigenvalue weighted by Gasteiger charge is -2.32. The Morgan fingerprint density at radius 3 is 2.85 bits per heavy atom. The Kier molecular flexibility index (Phi) is 4.27. The van der Waals surface area contributed by atoms with Crippen molar-refractivity contribution in [2.24, 2.45) is 11.8 Å². The highest BCUT2D eigenvalue weighted by Crippen LogP contribution is 2.38. The molecule has 2 atom stereocenters. The van der Waals surface area contributed by atoms with Gasteiger partial charge in [-0.1, -0.05) is 24.6 Å². The van der Waals surface area contributed by atoms with E-state index < -0.39 is 0 Å². The molecule has 1 fully saturated rings. The van der Waals surface area contributed by atoms with Crippen molar-refractivity contribution in [2.45, 2.75) is 46.0 Å². The van der Waals surface area contributed by atoms with Gasteiger partial charge in [0.2, 0.25) is 0 Å². The van der Waals surface area contributed by atoms with Crippen LogP contribution >= 0.6 is 0 Å². The van der Waals surface area contributed by atoms with Gasteiger partial charge >= 0.3 is 0 Å². The van der Waals surface area contributed by atoms with E-state index in [9.17, 15) is 0 Å². The van der Waals surface area contributed by atoms with Crippen LogP contribution in [0, 0.1) is 11.8 Å². The average Bonchev–Trinajstić information content (AvgIpc) is 2.18. The van der Waals surface area contributed by atoms with Crippen molar-refractivity contribution >= 4 is 0 Å². The maximum Gasteiger partial charge on any atom is -0.0175 e. The Balaban J connectivity index is 2.66. The van der Waals surface area contributed by atoms with Gasteiger partial charge in [-0.3, -0.25) is 0 Å². The molecule has 0 nitrogen and oxygen atoms in total. The summed E-state index contributed by atoms with van der Waals surface area (Å²) in [6.45, 7) is 8.36. The Bertz CT molecular complexity index is 188. The van der Waals surface area contributed by atoms with E-state index in [1.807, 2.05) is 0 Å². The monoisotopic (exact) mass is 178 g/mol. The molecular formula is C13H22. The first kappa shape index (κ1) is 10.6. The molecule has 1 rings (SSSR count). The number of rotatable bonds is 3. The van der Waals surface area contributed by atoms with Gasteiger partial charge in [-0.05, 0) is 50.9 Å². The SMILES string of the molecule is C=CC[C@H]1CCC/C(=C\C)C1CC. The van der Waals surface area contributed by atoms with Crippen LogP contribution in [0.5, 0.6) is 0 Å². The summed E-state index contributed by atoms with van der Waals surface area (Å²) >= 11 is 0. The van der Waals surface area contributed by atoms with E-state index >= 15 is 0 Å². The zero-order valence-corrected chi connectivity index (χ0v) is 9.05. The Morgan fingerprint density at radius 2 is 2.31 bits per heavy atom. The molecule has 0 spiro atoms. The van der Waals surface area contributed by atoms with Crippen molar-refractivity contribution in [3.05, 3.63) is 24.3 Å². The number of hydrogen-bond donors (Lipinski definition) is 0. The third-order valence-electron chi connectivity index (χ3n) is 3.37. The van der Waals surface area contributed by atoms with Crippen LogP contribution in [0.2, 0.25) is 0 Å². The minimum Gasteiger partial charge on any atom is -0.103 e. The molecule has 0 heteroatoms. The molecular weight excluding hydrogens is 156 g/mol. The molecule has 74 valence electrons. The Labute approximate surface area is 82.7 Å². The largest absolute Gasteiger partial charge is 0.103 e. The van der Waals surface area contributed by atoms with Crippen LogP contribution in [0.3, 0.4) is 0 Å². The highest BCUT2D eigenvalue weighted by molar-refractivity contribution is 5.10. The van der Waals surface area contributed by atoms with Gasteiger partial charge in [0, 0.05) is 0 Å². The van der Waals surface area contributed by atoms with E-state index in [2.05, 4.69) is 32.6 Å². The molecule has 1 saturated carbocycles. The molecule has 0 N–H and O–H groups in total. The third kappa shape index (κ3) is 2.46. The second-order valence-electron chi connectivity index (χ2n) is 4.06. The lowest BCUT2D eigenvalue weighted by molar-refractivity contribution is 0.298. The van der Waals surface area contributed by atoms with Crippen LogP contribution in [0.25, 0.3) is 0 Å². The minimum absolute atomic E-state index is 0.844. The van der Waals surface area contributed by atoms with Crippen molar-refractivity contribution < 1.29 is 0 Å². The zero-order chi connectivity index (χ0) is 9.68. The predicted molar refractivity (Wildman–Crippen MR) is 59.7 cm³/mol. The second kappa shape index (κ2) is 5.26.